The monoisotopic (exact) mass is 311 g/mol. The summed E-state index contributed by atoms with van der Waals surface area (Å²) in [5, 5.41) is 5.19. The standard InChI is InChI=1S/C19H25N3O/c1-12(2)20-19(23)22(13(3)4)18-16-8-6-5-7-15(16)11-17(21-18)14-9-10-14/h5-8,11-14H,9-10H2,1-4H3,(H,20,23). The second-order valence-corrected chi connectivity index (χ2v) is 6.93. The fourth-order valence-corrected chi connectivity index (χ4v) is 2.86. The van der Waals surface area contributed by atoms with E-state index in [1.807, 2.05) is 45.9 Å². The van der Waals surface area contributed by atoms with Crippen LogP contribution in [-0.2, 0) is 0 Å². The van der Waals surface area contributed by atoms with Gasteiger partial charge in [0.1, 0.15) is 5.82 Å². The first-order valence-corrected chi connectivity index (χ1v) is 8.46. The largest absolute Gasteiger partial charge is 0.335 e. The molecule has 1 N–H and O–H groups in total. The van der Waals surface area contributed by atoms with Gasteiger partial charge in [-0.1, -0.05) is 24.3 Å². The van der Waals surface area contributed by atoms with Crippen molar-refractivity contribution in [3.8, 4) is 0 Å². The highest BCUT2D eigenvalue weighted by Crippen LogP contribution is 2.41. The fraction of sp³-hybridized carbons (Fsp3) is 0.474. The van der Waals surface area contributed by atoms with Crippen LogP contribution in [0.1, 0.15) is 52.1 Å². The van der Waals surface area contributed by atoms with Crippen molar-refractivity contribution >= 4 is 22.6 Å². The Morgan fingerprint density at radius 2 is 1.91 bits per heavy atom. The van der Waals surface area contributed by atoms with E-state index in [1.165, 1.54) is 12.8 Å². The number of hydrogen-bond acceptors (Lipinski definition) is 2. The van der Waals surface area contributed by atoms with E-state index in [0.29, 0.717) is 5.92 Å². The summed E-state index contributed by atoms with van der Waals surface area (Å²) in [6.45, 7) is 8.01. The third kappa shape index (κ3) is 3.31. The van der Waals surface area contributed by atoms with Gasteiger partial charge in [0, 0.05) is 29.1 Å². The molecule has 0 unspecified atom stereocenters. The molecule has 3 rings (SSSR count). The van der Waals surface area contributed by atoms with E-state index in [1.54, 1.807) is 4.90 Å². The van der Waals surface area contributed by atoms with Crippen LogP contribution in [0.5, 0.6) is 0 Å². The predicted octanol–water partition coefficient (Wildman–Crippen LogP) is 4.45. The number of carbonyl (C=O) groups is 1. The van der Waals surface area contributed by atoms with Crippen molar-refractivity contribution in [3.05, 3.63) is 36.0 Å². The van der Waals surface area contributed by atoms with Gasteiger partial charge in [-0.2, -0.15) is 0 Å². The van der Waals surface area contributed by atoms with Crippen LogP contribution in [0.15, 0.2) is 30.3 Å². The van der Waals surface area contributed by atoms with Gasteiger partial charge in [-0.15, -0.1) is 0 Å². The van der Waals surface area contributed by atoms with Gasteiger partial charge in [0.05, 0.1) is 0 Å². The first kappa shape index (κ1) is 15.8. The van der Waals surface area contributed by atoms with E-state index in [0.717, 1.165) is 22.3 Å². The zero-order valence-corrected chi connectivity index (χ0v) is 14.3. The molecule has 0 spiro atoms. The number of hydrogen-bond donors (Lipinski definition) is 1. The first-order chi connectivity index (χ1) is 11.0. The Labute approximate surface area is 137 Å². The smallest absolute Gasteiger partial charge is 0.323 e. The van der Waals surface area contributed by atoms with E-state index in [-0.39, 0.29) is 18.1 Å². The van der Waals surface area contributed by atoms with Crippen LogP contribution in [0.4, 0.5) is 10.6 Å². The number of aromatic nitrogens is 1. The third-order valence-electron chi connectivity index (χ3n) is 4.11. The number of fused-ring (bicyclic) bond motifs is 1. The van der Waals surface area contributed by atoms with Crippen molar-refractivity contribution in [2.45, 2.75) is 58.5 Å². The Morgan fingerprint density at radius 3 is 2.52 bits per heavy atom. The van der Waals surface area contributed by atoms with Gasteiger partial charge in [-0.05, 0) is 52.0 Å². The van der Waals surface area contributed by atoms with Gasteiger partial charge in [-0.25, -0.2) is 9.78 Å². The van der Waals surface area contributed by atoms with Crippen molar-refractivity contribution in [3.63, 3.8) is 0 Å². The average Bonchev–Trinajstić information content (AvgIpc) is 3.30. The molecule has 4 nitrogen and oxygen atoms in total. The molecule has 2 amide bonds. The normalized spacial score (nSPS) is 14.5. The Morgan fingerprint density at radius 1 is 1.22 bits per heavy atom. The maximum atomic E-state index is 12.7. The molecule has 1 aliphatic rings. The number of rotatable bonds is 4. The van der Waals surface area contributed by atoms with Crippen LogP contribution in [-0.4, -0.2) is 23.1 Å². The number of benzene rings is 1. The number of amides is 2. The predicted molar refractivity (Wildman–Crippen MR) is 95.0 cm³/mol. The lowest BCUT2D eigenvalue weighted by atomic mass is 10.1. The van der Waals surface area contributed by atoms with Gasteiger partial charge in [0.25, 0.3) is 0 Å². The van der Waals surface area contributed by atoms with Crippen molar-refractivity contribution in [2.75, 3.05) is 4.90 Å². The molecule has 1 aliphatic carbocycles. The van der Waals surface area contributed by atoms with E-state index in [9.17, 15) is 4.79 Å². The van der Waals surface area contributed by atoms with Crippen molar-refractivity contribution < 1.29 is 4.79 Å². The molecule has 1 fully saturated rings. The molecule has 0 aliphatic heterocycles. The molecule has 1 aromatic carbocycles. The molecule has 0 radical (unpaired) electrons. The van der Waals surface area contributed by atoms with Crippen LogP contribution in [0.25, 0.3) is 10.8 Å². The number of urea groups is 1. The van der Waals surface area contributed by atoms with Gasteiger partial charge in [-0.3, -0.25) is 4.90 Å². The summed E-state index contributed by atoms with van der Waals surface area (Å²) in [7, 11) is 0. The lowest BCUT2D eigenvalue weighted by molar-refractivity contribution is 0.242. The second-order valence-electron chi connectivity index (χ2n) is 6.93. The number of pyridine rings is 1. The van der Waals surface area contributed by atoms with Crippen LogP contribution < -0.4 is 10.2 Å². The summed E-state index contributed by atoms with van der Waals surface area (Å²) in [5.41, 5.74) is 1.11. The van der Waals surface area contributed by atoms with Crippen molar-refractivity contribution in [1.29, 1.82) is 0 Å². The molecule has 0 saturated heterocycles. The van der Waals surface area contributed by atoms with E-state index in [2.05, 4.69) is 17.4 Å². The Balaban J connectivity index is 2.12. The second kappa shape index (κ2) is 6.19. The van der Waals surface area contributed by atoms with Gasteiger partial charge >= 0.3 is 6.03 Å². The molecule has 1 aromatic heterocycles. The number of nitrogens with zero attached hydrogens (tertiary/aromatic N) is 2. The zero-order chi connectivity index (χ0) is 16.6. The highest BCUT2D eigenvalue weighted by Gasteiger charge is 2.29. The summed E-state index contributed by atoms with van der Waals surface area (Å²) >= 11 is 0. The van der Waals surface area contributed by atoms with Crippen LogP contribution in [0.3, 0.4) is 0 Å². The number of nitrogens with one attached hydrogen (secondary N) is 1. The van der Waals surface area contributed by atoms with E-state index >= 15 is 0 Å². The molecule has 0 atom stereocenters. The summed E-state index contributed by atoms with van der Waals surface area (Å²) in [5.74, 6) is 1.33. The minimum atomic E-state index is -0.0828. The molecule has 1 saturated carbocycles. The summed E-state index contributed by atoms with van der Waals surface area (Å²) in [6, 6.07) is 10.4. The fourth-order valence-electron chi connectivity index (χ4n) is 2.86. The zero-order valence-electron chi connectivity index (χ0n) is 14.3. The Hall–Kier alpha value is -2.10. The quantitative estimate of drug-likeness (QED) is 0.907. The third-order valence-corrected chi connectivity index (χ3v) is 4.11. The van der Waals surface area contributed by atoms with Crippen LogP contribution in [0, 0.1) is 0 Å². The number of anilines is 1. The maximum absolute atomic E-state index is 12.7. The minimum Gasteiger partial charge on any atom is -0.335 e. The van der Waals surface area contributed by atoms with Crippen molar-refractivity contribution in [1.82, 2.24) is 10.3 Å². The lowest BCUT2D eigenvalue weighted by Gasteiger charge is -2.28. The molecular formula is C19H25N3O. The van der Waals surface area contributed by atoms with E-state index in [4.69, 9.17) is 4.98 Å². The van der Waals surface area contributed by atoms with Gasteiger partial charge in [0.15, 0.2) is 0 Å². The topological polar surface area (TPSA) is 45.2 Å². The first-order valence-electron chi connectivity index (χ1n) is 8.46. The number of carbonyl (C=O) groups excluding carboxylic acids is 1. The molecule has 23 heavy (non-hydrogen) atoms. The molecule has 2 aromatic rings. The van der Waals surface area contributed by atoms with Crippen molar-refractivity contribution in [2.24, 2.45) is 0 Å². The lowest BCUT2D eigenvalue weighted by Crippen LogP contribution is -2.47. The van der Waals surface area contributed by atoms with E-state index < -0.39 is 0 Å². The SMILES string of the molecule is CC(C)NC(=O)N(c1nc(C2CC2)cc2ccccc12)C(C)C. The van der Waals surface area contributed by atoms with Gasteiger partial charge in [0.2, 0.25) is 0 Å². The molecule has 4 heteroatoms. The summed E-state index contributed by atoms with van der Waals surface area (Å²) in [4.78, 5) is 19.4. The Bertz CT molecular complexity index is 720. The highest BCUT2D eigenvalue weighted by atomic mass is 16.2. The highest BCUT2D eigenvalue weighted by molar-refractivity contribution is 6.02. The molecule has 0 bridgehead atoms. The maximum Gasteiger partial charge on any atom is 0.323 e. The minimum absolute atomic E-state index is 0.0408. The van der Waals surface area contributed by atoms with Crippen LogP contribution in [0.2, 0.25) is 0 Å². The molecule has 1 heterocycles. The molecule has 122 valence electrons. The Kier molecular flexibility index (Phi) is 4.24. The average molecular weight is 311 g/mol. The van der Waals surface area contributed by atoms with Crippen LogP contribution >= 0.6 is 0 Å². The van der Waals surface area contributed by atoms with Gasteiger partial charge < -0.3 is 5.32 Å². The summed E-state index contributed by atoms with van der Waals surface area (Å²) < 4.78 is 0. The summed E-state index contributed by atoms with van der Waals surface area (Å²) in [6.07, 6.45) is 2.40. The molecular weight excluding hydrogens is 286 g/mol.